The number of aromatic nitrogens is 1. The standard InChI is InChI=1S/C16H17N3O4S/c1-4-22-15(20)12-9(3)18-16(21)19-13(12)11-7-17-14(24-11)10-6-5-8(2)23-10/h5-7,13H,4H2,1-3H3,(H2,18,19,21)/t13-/m1/s1. The van der Waals surface area contributed by atoms with E-state index >= 15 is 0 Å². The van der Waals surface area contributed by atoms with Crippen LogP contribution >= 0.6 is 11.3 Å². The van der Waals surface area contributed by atoms with Crippen LogP contribution in [0.3, 0.4) is 0 Å². The van der Waals surface area contributed by atoms with Gasteiger partial charge < -0.3 is 19.8 Å². The number of hydrogen-bond donors (Lipinski definition) is 2. The number of nitrogens with one attached hydrogen (secondary N) is 2. The zero-order chi connectivity index (χ0) is 17.3. The maximum atomic E-state index is 12.3. The lowest BCUT2D eigenvalue weighted by atomic mass is 10.0. The normalized spacial score (nSPS) is 17.5. The number of nitrogens with zero attached hydrogens (tertiary/aromatic N) is 1. The van der Waals surface area contributed by atoms with Gasteiger partial charge in [0.2, 0.25) is 0 Å². The van der Waals surface area contributed by atoms with Gasteiger partial charge in [0.1, 0.15) is 11.8 Å². The molecule has 1 atom stereocenters. The van der Waals surface area contributed by atoms with Gasteiger partial charge in [0, 0.05) is 11.9 Å². The van der Waals surface area contributed by atoms with E-state index in [1.54, 1.807) is 20.0 Å². The molecule has 7 nitrogen and oxygen atoms in total. The zero-order valence-corrected chi connectivity index (χ0v) is 14.3. The molecule has 0 unspecified atom stereocenters. The minimum atomic E-state index is -0.597. The van der Waals surface area contributed by atoms with E-state index < -0.39 is 12.0 Å². The quantitative estimate of drug-likeness (QED) is 0.830. The molecule has 0 aliphatic carbocycles. The van der Waals surface area contributed by atoms with Crippen molar-refractivity contribution < 1.29 is 18.7 Å². The summed E-state index contributed by atoms with van der Waals surface area (Å²) in [5.74, 6) is 0.985. The first-order valence-electron chi connectivity index (χ1n) is 7.47. The van der Waals surface area contributed by atoms with Crippen LogP contribution < -0.4 is 10.6 Å². The Morgan fingerprint density at radius 1 is 1.42 bits per heavy atom. The topological polar surface area (TPSA) is 93.5 Å². The number of furan rings is 1. The number of aryl methyl sites for hydroxylation is 1. The molecule has 0 bridgehead atoms. The van der Waals surface area contributed by atoms with Crippen LogP contribution in [0.25, 0.3) is 10.8 Å². The minimum Gasteiger partial charge on any atom is -0.463 e. The van der Waals surface area contributed by atoms with E-state index in [0.717, 1.165) is 10.6 Å². The van der Waals surface area contributed by atoms with Crippen molar-refractivity contribution in [3.63, 3.8) is 0 Å². The molecule has 0 radical (unpaired) electrons. The predicted molar refractivity (Wildman–Crippen MR) is 88.3 cm³/mol. The predicted octanol–water partition coefficient (Wildman–Crippen LogP) is 2.90. The van der Waals surface area contributed by atoms with Gasteiger partial charge in [-0.1, -0.05) is 0 Å². The molecule has 0 spiro atoms. The maximum Gasteiger partial charge on any atom is 0.338 e. The van der Waals surface area contributed by atoms with Gasteiger partial charge in [0.05, 0.1) is 17.1 Å². The number of allylic oxidation sites excluding steroid dienone is 1. The summed E-state index contributed by atoms with van der Waals surface area (Å²) in [5.41, 5.74) is 0.855. The van der Waals surface area contributed by atoms with E-state index in [2.05, 4.69) is 15.6 Å². The number of urea groups is 1. The largest absolute Gasteiger partial charge is 0.463 e. The smallest absolute Gasteiger partial charge is 0.338 e. The van der Waals surface area contributed by atoms with Crippen LogP contribution in [-0.2, 0) is 9.53 Å². The molecule has 126 valence electrons. The number of ether oxygens (including phenoxy) is 1. The monoisotopic (exact) mass is 347 g/mol. The van der Waals surface area contributed by atoms with Crippen molar-refractivity contribution in [1.29, 1.82) is 0 Å². The second-order valence-electron chi connectivity index (χ2n) is 5.27. The first-order valence-corrected chi connectivity index (χ1v) is 8.29. The van der Waals surface area contributed by atoms with Crippen LogP contribution in [-0.4, -0.2) is 23.6 Å². The van der Waals surface area contributed by atoms with Gasteiger partial charge in [-0.25, -0.2) is 14.6 Å². The summed E-state index contributed by atoms with van der Waals surface area (Å²) >= 11 is 1.36. The highest BCUT2D eigenvalue weighted by Crippen LogP contribution is 2.35. The summed E-state index contributed by atoms with van der Waals surface area (Å²) in [7, 11) is 0. The number of amides is 2. The van der Waals surface area contributed by atoms with Gasteiger partial charge in [0.15, 0.2) is 10.8 Å². The lowest BCUT2D eigenvalue weighted by molar-refractivity contribution is -0.139. The molecule has 1 aliphatic rings. The van der Waals surface area contributed by atoms with Gasteiger partial charge in [-0.05, 0) is 32.9 Å². The molecule has 0 saturated heterocycles. The fraction of sp³-hybridized carbons (Fsp3) is 0.312. The molecule has 2 aromatic heterocycles. The molecule has 8 heteroatoms. The van der Waals surface area contributed by atoms with Crippen LogP contribution in [0.5, 0.6) is 0 Å². The Labute approximate surface area is 142 Å². The fourth-order valence-corrected chi connectivity index (χ4v) is 3.41. The lowest BCUT2D eigenvalue weighted by Crippen LogP contribution is -2.45. The second-order valence-corrected chi connectivity index (χ2v) is 6.33. The Kier molecular flexibility index (Phi) is 4.39. The van der Waals surface area contributed by atoms with Gasteiger partial charge in [-0.15, -0.1) is 11.3 Å². The van der Waals surface area contributed by atoms with Crippen molar-refractivity contribution in [2.45, 2.75) is 26.8 Å². The molecule has 3 rings (SSSR count). The van der Waals surface area contributed by atoms with Crippen LogP contribution in [0.15, 0.2) is 34.0 Å². The first-order chi connectivity index (χ1) is 11.5. The van der Waals surface area contributed by atoms with Crippen molar-refractivity contribution >= 4 is 23.3 Å². The molecule has 1 aliphatic heterocycles. The third-order valence-corrected chi connectivity index (χ3v) is 4.60. The summed E-state index contributed by atoms with van der Waals surface area (Å²) < 4.78 is 10.7. The summed E-state index contributed by atoms with van der Waals surface area (Å²) in [6, 6.07) is 2.73. The highest BCUT2D eigenvalue weighted by atomic mass is 32.1. The summed E-state index contributed by atoms with van der Waals surface area (Å²) in [5, 5.41) is 6.04. The van der Waals surface area contributed by atoms with Crippen molar-refractivity contribution in [2.24, 2.45) is 0 Å². The van der Waals surface area contributed by atoms with Gasteiger partial charge in [-0.3, -0.25) is 0 Å². The number of carbonyl (C=O) groups excluding carboxylic acids is 2. The van der Waals surface area contributed by atoms with Crippen molar-refractivity contribution in [3.05, 3.63) is 40.2 Å². The van der Waals surface area contributed by atoms with E-state index in [4.69, 9.17) is 9.15 Å². The fourth-order valence-electron chi connectivity index (χ4n) is 2.47. The van der Waals surface area contributed by atoms with E-state index in [-0.39, 0.29) is 12.6 Å². The SMILES string of the molecule is CCOC(=O)C1=C(C)NC(=O)N[C@@H]1c1cnc(-c2ccc(C)o2)s1. The molecular formula is C16H17N3O4S. The van der Waals surface area contributed by atoms with Crippen LogP contribution in [0.4, 0.5) is 4.79 Å². The molecule has 2 aromatic rings. The number of thiazole rings is 1. The average molecular weight is 347 g/mol. The Morgan fingerprint density at radius 3 is 2.88 bits per heavy atom. The van der Waals surface area contributed by atoms with Crippen LogP contribution in [0.1, 0.15) is 30.5 Å². The first kappa shape index (κ1) is 16.3. The molecule has 0 aromatic carbocycles. The highest BCUT2D eigenvalue weighted by molar-refractivity contribution is 7.15. The Morgan fingerprint density at radius 2 is 2.21 bits per heavy atom. The number of hydrogen-bond acceptors (Lipinski definition) is 6. The van der Waals surface area contributed by atoms with Crippen molar-refractivity contribution in [1.82, 2.24) is 15.6 Å². The number of carbonyl (C=O) groups is 2. The van der Waals surface area contributed by atoms with E-state index in [0.29, 0.717) is 22.0 Å². The third kappa shape index (κ3) is 3.05. The number of esters is 1. The average Bonchev–Trinajstić information content (AvgIpc) is 3.15. The summed E-state index contributed by atoms with van der Waals surface area (Å²) in [6.45, 7) is 5.53. The molecule has 2 amide bonds. The van der Waals surface area contributed by atoms with Crippen molar-refractivity contribution in [2.75, 3.05) is 6.61 Å². The van der Waals surface area contributed by atoms with Gasteiger partial charge in [0.25, 0.3) is 0 Å². The van der Waals surface area contributed by atoms with Gasteiger partial charge in [-0.2, -0.15) is 0 Å². The van der Waals surface area contributed by atoms with Crippen LogP contribution in [0, 0.1) is 6.92 Å². The third-order valence-electron chi connectivity index (χ3n) is 3.52. The molecule has 2 N–H and O–H groups in total. The Bertz CT molecular complexity index is 821. The minimum absolute atomic E-state index is 0.260. The highest BCUT2D eigenvalue weighted by Gasteiger charge is 2.33. The molecule has 0 saturated carbocycles. The summed E-state index contributed by atoms with van der Waals surface area (Å²) in [6.07, 6.45) is 1.64. The van der Waals surface area contributed by atoms with Crippen molar-refractivity contribution in [3.8, 4) is 10.8 Å². The van der Waals surface area contributed by atoms with Crippen LogP contribution in [0.2, 0.25) is 0 Å². The molecular weight excluding hydrogens is 330 g/mol. The second kappa shape index (κ2) is 6.48. The molecule has 0 fully saturated rings. The van der Waals surface area contributed by atoms with E-state index in [1.807, 2.05) is 19.1 Å². The number of rotatable bonds is 4. The zero-order valence-electron chi connectivity index (χ0n) is 13.5. The van der Waals surface area contributed by atoms with E-state index in [1.165, 1.54) is 11.3 Å². The Hall–Kier alpha value is -2.61. The maximum absolute atomic E-state index is 12.3. The molecule has 3 heterocycles. The Balaban J connectivity index is 1.96. The molecule has 24 heavy (non-hydrogen) atoms. The summed E-state index contributed by atoms with van der Waals surface area (Å²) in [4.78, 5) is 29.2. The van der Waals surface area contributed by atoms with E-state index in [9.17, 15) is 9.59 Å². The van der Waals surface area contributed by atoms with Gasteiger partial charge >= 0.3 is 12.0 Å². The lowest BCUT2D eigenvalue weighted by Gasteiger charge is -2.26.